The second kappa shape index (κ2) is 6.78. The highest BCUT2D eigenvalue weighted by Crippen LogP contribution is 2.15. The summed E-state index contributed by atoms with van der Waals surface area (Å²) in [5.41, 5.74) is 7.89. The maximum Gasteiger partial charge on any atom is 0.271 e. The number of nitrogens with zero attached hydrogens (tertiary/aromatic N) is 1. The highest BCUT2D eigenvalue weighted by Gasteiger charge is 2.11. The van der Waals surface area contributed by atoms with E-state index in [9.17, 15) is 9.18 Å². The third kappa shape index (κ3) is 3.86. The first-order chi connectivity index (χ1) is 10.0. The first-order valence-electron chi connectivity index (χ1n) is 6.69. The molecule has 6 heteroatoms. The van der Waals surface area contributed by atoms with Crippen molar-refractivity contribution in [1.82, 2.24) is 10.3 Å². The minimum atomic E-state index is -0.228. The van der Waals surface area contributed by atoms with Crippen molar-refractivity contribution in [1.29, 1.82) is 0 Å². The van der Waals surface area contributed by atoms with E-state index in [4.69, 9.17) is 5.73 Å². The molecule has 1 aromatic heterocycles. The lowest BCUT2D eigenvalue weighted by Crippen LogP contribution is -2.23. The summed E-state index contributed by atoms with van der Waals surface area (Å²) < 4.78 is 13.5. The van der Waals surface area contributed by atoms with Gasteiger partial charge in [-0.2, -0.15) is 0 Å². The largest absolute Gasteiger partial charge is 0.347 e. The highest BCUT2D eigenvalue weighted by atomic mass is 32.1. The molecule has 2 aromatic rings. The van der Waals surface area contributed by atoms with Gasteiger partial charge in [-0.3, -0.25) is 4.79 Å². The Morgan fingerprint density at radius 1 is 1.38 bits per heavy atom. The molecule has 0 saturated heterocycles. The fraction of sp³-hybridized carbons (Fsp3) is 0.333. The molecule has 0 saturated carbocycles. The Bertz CT molecular complexity index is 631. The number of hydrogen-bond acceptors (Lipinski definition) is 4. The Balaban J connectivity index is 2.00. The van der Waals surface area contributed by atoms with Crippen molar-refractivity contribution < 1.29 is 9.18 Å². The fourth-order valence-corrected chi connectivity index (χ4v) is 2.86. The van der Waals surface area contributed by atoms with Crippen molar-refractivity contribution in [3.05, 3.63) is 50.7 Å². The summed E-state index contributed by atoms with van der Waals surface area (Å²) in [6.45, 7) is 4.30. The summed E-state index contributed by atoms with van der Waals surface area (Å²) in [7, 11) is 0. The number of rotatable bonds is 5. The molecule has 1 heterocycles. The number of thiazole rings is 1. The maximum atomic E-state index is 13.5. The van der Waals surface area contributed by atoms with Crippen LogP contribution < -0.4 is 11.1 Å². The van der Waals surface area contributed by atoms with Crippen LogP contribution in [-0.2, 0) is 13.0 Å². The number of nitrogens with one attached hydrogen (secondary N) is 1. The van der Waals surface area contributed by atoms with Gasteiger partial charge in [0.15, 0.2) is 0 Å². The quantitative estimate of drug-likeness (QED) is 0.891. The molecule has 0 aliphatic rings. The number of amides is 1. The lowest BCUT2D eigenvalue weighted by atomic mass is 10.1. The lowest BCUT2D eigenvalue weighted by molar-refractivity contribution is 0.0946. The van der Waals surface area contributed by atoms with Gasteiger partial charge in [-0.25, -0.2) is 9.37 Å². The average Bonchev–Trinajstić information content (AvgIpc) is 2.91. The topological polar surface area (TPSA) is 68.0 Å². The normalized spacial score (nSPS) is 10.7. The van der Waals surface area contributed by atoms with Gasteiger partial charge in [0.2, 0.25) is 0 Å². The van der Waals surface area contributed by atoms with Crippen LogP contribution in [0.2, 0.25) is 0 Å². The minimum absolute atomic E-state index is 0.198. The Hall–Kier alpha value is -1.79. The number of halogens is 1. The maximum absolute atomic E-state index is 13.5. The van der Waals surface area contributed by atoms with Crippen LogP contribution in [0.1, 0.15) is 32.2 Å². The van der Waals surface area contributed by atoms with E-state index in [1.165, 1.54) is 11.3 Å². The molecule has 4 nitrogen and oxygen atoms in total. The number of benzene rings is 1. The summed E-state index contributed by atoms with van der Waals surface area (Å²) in [5, 5.41) is 5.38. The van der Waals surface area contributed by atoms with Crippen LogP contribution in [0, 0.1) is 19.7 Å². The lowest BCUT2D eigenvalue weighted by Gasteiger charge is -2.07. The molecular formula is C15H18FN3OS. The van der Waals surface area contributed by atoms with Gasteiger partial charge in [0.05, 0.1) is 5.01 Å². The third-order valence-electron chi connectivity index (χ3n) is 3.09. The smallest absolute Gasteiger partial charge is 0.271 e. The summed E-state index contributed by atoms with van der Waals surface area (Å²) in [4.78, 5) is 16.2. The predicted octanol–water partition coefficient (Wildman–Crippen LogP) is 2.33. The molecule has 0 unspecified atom stereocenters. The molecule has 1 amide bonds. The summed E-state index contributed by atoms with van der Waals surface area (Å²) in [6, 6.07) is 3.48. The van der Waals surface area contributed by atoms with Crippen LogP contribution in [0.3, 0.4) is 0 Å². The number of aromatic nitrogens is 1. The van der Waals surface area contributed by atoms with Crippen molar-refractivity contribution in [2.45, 2.75) is 26.8 Å². The number of hydrogen-bond donors (Lipinski definition) is 2. The Morgan fingerprint density at radius 2 is 2.05 bits per heavy atom. The highest BCUT2D eigenvalue weighted by molar-refractivity contribution is 7.09. The van der Waals surface area contributed by atoms with Crippen molar-refractivity contribution in [3.63, 3.8) is 0 Å². The standard InChI is InChI=1S/C15H18FN3OS/c1-9-5-11(6-10(2)14(9)16)7-18-15(20)12-8-21-13(19-12)3-4-17/h5-6,8H,3-4,7,17H2,1-2H3,(H,18,20). The van der Waals surface area contributed by atoms with E-state index in [1.54, 1.807) is 31.4 Å². The second-order valence-electron chi connectivity index (χ2n) is 4.89. The van der Waals surface area contributed by atoms with Crippen molar-refractivity contribution in [2.24, 2.45) is 5.73 Å². The van der Waals surface area contributed by atoms with Crippen molar-refractivity contribution in [3.8, 4) is 0 Å². The second-order valence-corrected chi connectivity index (χ2v) is 5.83. The zero-order valence-corrected chi connectivity index (χ0v) is 12.9. The van der Waals surface area contributed by atoms with Gasteiger partial charge in [0.1, 0.15) is 11.5 Å². The zero-order valence-electron chi connectivity index (χ0n) is 12.1. The number of aryl methyl sites for hydroxylation is 2. The fourth-order valence-electron chi connectivity index (χ4n) is 2.06. The summed E-state index contributed by atoms with van der Waals surface area (Å²) >= 11 is 1.43. The molecule has 1 aromatic carbocycles. The van der Waals surface area contributed by atoms with Gasteiger partial charge < -0.3 is 11.1 Å². The number of carbonyl (C=O) groups excluding carboxylic acids is 1. The van der Waals surface area contributed by atoms with Crippen LogP contribution in [-0.4, -0.2) is 17.4 Å². The summed E-state index contributed by atoms with van der Waals surface area (Å²) in [5.74, 6) is -0.426. The summed E-state index contributed by atoms with van der Waals surface area (Å²) in [6.07, 6.45) is 0.675. The van der Waals surface area contributed by atoms with Gasteiger partial charge in [0, 0.05) is 18.3 Å². The van der Waals surface area contributed by atoms with Crippen LogP contribution >= 0.6 is 11.3 Å². The molecule has 3 N–H and O–H groups in total. The van der Waals surface area contributed by atoms with Gasteiger partial charge in [-0.1, -0.05) is 12.1 Å². The van der Waals surface area contributed by atoms with E-state index in [1.807, 2.05) is 0 Å². The first kappa shape index (κ1) is 15.6. The zero-order chi connectivity index (χ0) is 15.4. The van der Waals surface area contributed by atoms with Gasteiger partial charge in [-0.15, -0.1) is 11.3 Å². The molecule has 0 spiro atoms. The Labute approximate surface area is 127 Å². The van der Waals surface area contributed by atoms with Gasteiger partial charge in [-0.05, 0) is 37.1 Å². The van der Waals surface area contributed by atoms with Crippen LogP contribution in [0.4, 0.5) is 4.39 Å². The Morgan fingerprint density at radius 3 is 2.67 bits per heavy atom. The molecule has 0 atom stereocenters. The van der Waals surface area contributed by atoms with E-state index in [2.05, 4.69) is 10.3 Å². The molecule has 112 valence electrons. The minimum Gasteiger partial charge on any atom is -0.347 e. The molecule has 0 aliphatic heterocycles. The molecule has 0 bridgehead atoms. The average molecular weight is 307 g/mol. The van der Waals surface area contributed by atoms with Crippen LogP contribution in [0.25, 0.3) is 0 Å². The monoisotopic (exact) mass is 307 g/mol. The van der Waals surface area contributed by atoms with E-state index in [-0.39, 0.29) is 11.7 Å². The third-order valence-corrected chi connectivity index (χ3v) is 4.00. The van der Waals surface area contributed by atoms with Crippen molar-refractivity contribution in [2.75, 3.05) is 6.54 Å². The molecule has 0 radical (unpaired) electrons. The molecule has 21 heavy (non-hydrogen) atoms. The molecule has 0 aliphatic carbocycles. The SMILES string of the molecule is Cc1cc(CNC(=O)c2csc(CCN)n2)cc(C)c1F. The van der Waals surface area contributed by atoms with E-state index >= 15 is 0 Å². The van der Waals surface area contributed by atoms with Crippen LogP contribution in [0.15, 0.2) is 17.5 Å². The van der Waals surface area contributed by atoms with E-state index < -0.39 is 0 Å². The van der Waals surface area contributed by atoms with E-state index in [0.29, 0.717) is 36.3 Å². The number of nitrogens with two attached hydrogens (primary N) is 1. The number of carbonyl (C=O) groups is 1. The van der Waals surface area contributed by atoms with Crippen molar-refractivity contribution >= 4 is 17.2 Å². The molecular weight excluding hydrogens is 289 g/mol. The first-order valence-corrected chi connectivity index (χ1v) is 7.57. The predicted molar refractivity (Wildman–Crippen MR) is 81.9 cm³/mol. The van der Waals surface area contributed by atoms with Gasteiger partial charge in [0.25, 0.3) is 5.91 Å². The molecule has 0 fully saturated rings. The Kier molecular flexibility index (Phi) is 5.03. The van der Waals surface area contributed by atoms with E-state index in [0.717, 1.165) is 10.6 Å². The van der Waals surface area contributed by atoms with Crippen LogP contribution in [0.5, 0.6) is 0 Å². The van der Waals surface area contributed by atoms with Gasteiger partial charge >= 0.3 is 0 Å². The molecule has 2 rings (SSSR count).